The van der Waals surface area contributed by atoms with Crippen molar-refractivity contribution >= 4 is 40.6 Å². The molecule has 122 valence electrons. The zero-order chi connectivity index (χ0) is 16.1. The lowest BCUT2D eigenvalue weighted by Crippen LogP contribution is -2.36. The Bertz CT molecular complexity index is 631. The first-order valence-corrected chi connectivity index (χ1v) is 9.84. The molecule has 0 radical (unpaired) electrons. The van der Waals surface area contributed by atoms with Gasteiger partial charge in [0.05, 0.1) is 0 Å². The summed E-state index contributed by atoms with van der Waals surface area (Å²) >= 11 is 9.58. The maximum absolute atomic E-state index is 12.4. The minimum absolute atomic E-state index is 0.0485. The van der Waals surface area contributed by atoms with Crippen molar-refractivity contribution < 1.29 is 9.53 Å². The van der Waals surface area contributed by atoms with Crippen LogP contribution in [0.1, 0.15) is 16.5 Å². The first kappa shape index (κ1) is 16.7. The Kier molecular flexibility index (Phi) is 5.86. The zero-order valence-electron chi connectivity index (χ0n) is 12.6. The molecule has 3 nitrogen and oxygen atoms in total. The number of nitrogens with zero attached hydrogens (tertiary/aromatic N) is 1. The number of thiophene rings is 1. The van der Waals surface area contributed by atoms with E-state index < -0.39 is 0 Å². The van der Waals surface area contributed by atoms with E-state index in [1.807, 2.05) is 16.7 Å². The van der Waals surface area contributed by atoms with Crippen LogP contribution in [0, 0.1) is 0 Å². The maximum atomic E-state index is 12.4. The third-order valence-corrected chi connectivity index (χ3v) is 6.43. The second-order valence-corrected chi connectivity index (χ2v) is 8.01. The van der Waals surface area contributed by atoms with E-state index in [9.17, 15) is 4.79 Å². The summed E-state index contributed by atoms with van der Waals surface area (Å²) in [4.78, 5) is 15.7. The highest BCUT2D eigenvalue weighted by molar-refractivity contribution is 7.99. The van der Waals surface area contributed by atoms with Gasteiger partial charge in [0.1, 0.15) is 5.75 Å². The van der Waals surface area contributed by atoms with Gasteiger partial charge in [-0.2, -0.15) is 11.8 Å². The predicted octanol–water partition coefficient (Wildman–Crippen LogP) is 4.49. The van der Waals surface area contributed by atoms with E-state index in [0.717, 1.165) is 25.3 Å². The summed E-state index contributed by atoms with van der Waals surface area (Å²) in [5.41, 5.74) is 0. The normalized spacial score (nSPS) is 18.5. The fourth-order valence-corrected chi connectivity index (χ4v) is 4.85. The molecule has 2 aromatic rings. The van der Waals surface area contributed by atoms with Crippen molar-refractivity contribution in [3.63, 3.8) is 0 Å². The summed E-state index contributed by atoms with van der Waals surface area (Å²) in [6.45, 7) is 1.66. The van der Waals surface area contributed by atoms with Crippen molar-refractivity contribution in [1.82, 2.24) is 4.90 Å². The van der Waals surface area contributed by atoms with Crippen LogP contribution < -0.4 is 4.74 Å². The van der Waals surface area contributed by atoms with Gasteiger partial charge in [0.25, 0.3) is 5.91 Å². The van der Waals surface area contributed by atoms with Gasteiger partial charge < -0.3 is 9.64 Å². The molecule has 1 aliphatic heterocycles. The molecule has 1 amide bonds. The van der Waals surface area contributed by atoms with Crippen molar-refractivity contribution in [2.24, 2.45) is 0 Å². The van der Waals surface area contributed by atoms with Gasteiger partial charge in [-0.25, -0.2) is 0 Å². The smallest absolute Gasteiger partial charge is 0.260 e. The topological polar surface area (TPSA) is 29.5 Å². The highest BCUT2D eigenvalue weighted by atomic mass is 35.5. The molecule has 6 heteroatoms. The third-order valence-electron chi connectivity index (χ3n) is 3.73. The van der Waals surface area contributed by atoms with E-state index in [-0.39, 0.29) is 12.5 Å². The molecule has 1 fully saturated rings. The van der Waals surface area contributed by atoms with Gasteiger partial charge in [-0.05, 0) is 42.1 Å². The second-order valence-electron chi connectivity index (χ2n) is 5.29. The number of hydrogen-bond acceptors (Lipinski definition) is 4. The Morgan fingerprint density at radius 1 is 1.26 bits per heavy atom. The zero-order valence-corrected chi connectivity index (χ0v) is 15.0. The first-order valence-electron chi connectivity index (χ1n) is 7.53. The number of benzene rings is 1. The summed E-state index contributed by atoms with van der Waals surface area (Å²) in [6.07, 6.45) is 0.998. The number of rotatable bonds is 4. The fourth-order valence-electron chi connectivity index (χ4n) is 2.49. The van der Waals surface area contributed by atoms with Crippen molar-refractivity contribution in [3.8, 4) is 5.75 Å². The molecule has 1 aromatic carbocycles. The van der Waals surface area contributed by atoms with Crippen LogP contribution in [0.5, 0.6) is 5.75 Å². The summed E-state index contributed by atoms with van der Waals surface area (Å²) in [7, 11) is 0. The summed E-state index contributed by atoms with van der Waals surface area (Å²) in [6, 6.07) is 11.4. The van der Waals surface area contributed by atoms with E-state index in [2.05, 4.69) is 17.5 Å². The molecule has 1 aliphatic rings. The van der Waals surface area contributed by atoms with Crippen molar-refractivity contribution in [1.29, 1.82) is 0 Å². The van der Waals surface area contributed by atoms with Gasteiger partial charge in [-0.3, -0.25) is 4.79 Å². The molecule has 0 spiro atoms. The van der Waals surface area contributed by atoms with Gasteiger partial charge in [0, 0.05) is 34.0 Å². The molecule has 0 bridgehead atoms. The summed E-state index contributed by atoms with van der Waals surface area (Å²) in [5, 5.41) is 3.28. The van der Waals surface area contributed by atoms with Gasteiger partial charge in [-0.1, -0.05) is 17.7 Å². The molecule has 2 heterocycles. The number of hydrogen-bond donors (Lipinski definition) is 0. The molecular formula is C17H18ClNO2S2. The lowest BCUT2D eigenvalue weighted by molar-refractivity contribution is -0.133. The van der Waals surface area contributed by atoms with Crippen LogP contribution >= 0.6 is 34.7 Å². The van der Waals surface area contributed by atoms with Crippen molar-refractivity contribution in [2.75, 3.05) is 25.4 Å². The number of carbonyl (C=O) groups is 1. The Labute approximate surface area is 149 Å². The number of ether oxygens (including phenoxy) is 1. The van der Waals surface area contributed by atoms with E-state index in [1.54, 1.807) is 35.6 Å². The number of thioether (sulfide) groups is 1. The molecular weight excluding hydrogens is 350 g/mol. The molecule has 1 saturated heterocycles. The lowest BCUT2D eigenvalue weighted by atomic mass is 10.2. The van der Waals surface area contributed by atoms with E-state index in [1.165, 1.54) is 4.88 Å². The molecule has 1 atom stereocenters. The summed E-state index contributed by atoms with van der Waals surface area (Å²) in [5.74, 6) is 1.69. The number of carbonyl (C=O) groups excluding carboxylic acids is 1. The molecule has 1 aromatic heterocycles. The van der Waals surface area contributed by atoms with Gasteiger partial charge in [0.2, 0.25) is 0 Å². The van der Waals surface area contributed by atoms with Crippen LogP contribution in [0.25, 0.3) is 0 Å². The molecule has 3 rings (SSSR count). The highest BCUT2D eigenvalue weighted by Gasteiger charge is 2.22. The standard InChI is InChI=1S/C17H18ClNO2S2/c18-13-3-5-14(6-4-13)21-12-17(20)19-8-7-16(23-11-9-19)15-2-1-10-22-15/h1-6,10,16H,7-9,11-12H2. The quantitative estimate of drug-likeness (QED) is 0.797. The first-order chi connectivity index (χ1) is 11.2. The molecule has 1 unspecified atom stereocenters. The fraction of sp³-hybridized carbons (Fsp3) is 0.353. The minimum atomic E-state index is 0.0485. The number of halogens is 1. The SMILES string of the molecule is O=C(COc1ccc(Cl)cc1)N1CCSC(c2cccs2)CC1. The average molecular weight is 368 g/mol. The minimum Gasteiger partial charge on any atom is -0.484 e. The van der Waals surface area contributed by atoms with Crippen LogP contribution in [0.4, 0.5) is 0 Å². The van der Waals surface area contributed by atoms with Crippen molar-refractivity contribution in [2.45, 2.75) is 11.7 Å². The Hall–Kier alpha value is -1.17. The van der Waals surface area contributed by atoms with Gasteiger partial charge in [-0.15, -0.1) is 11.3 Å². The Morgan fingerprint density at radius 2 is 2.09 bits per heavy atom. The largest absolute Gasteiger partial charge is 0.484 e. The van der Waals surface area contributed by atoms with Crippen LogP contribution in [0.15, 0.2) is 41.8 Å². The summed E-state index contributed by atoms with van der Waals surface area (Å²) < 4.78 is 5.56. The average Bonchev–Trinajstić information content (AvgIpc) is 2.98. The number of amides is 1. The lowest BCUT2D eigenvalue weighted by Gasteiger charge is -2.20. The second kappa shape index (κ2) is 8.08. The molecule has 0 aliphatic carbocycles. The van der Waals surface area contributed by atoms with Crippen LogP contribution in [-0.2, 0) is 4.79 Å². The molecule has 0 N–H and O–H groups in total. The van der Waals surface area contributed by atoms with Crippen LogP contribution in [-0.4, -0.2) is 36.3 Å². The maximum Gasteiger partial charge on any atom is 0.260 e. The van der Waals surface area contributed by atoms with E-state index >= 15 is 0 Å². The van der Waals surface area contributed by atoms with Crippen LogP contribution in [0.3, 0.4) is 0 Å². The highest BCUT2D eigenvalue weighted by Crippen LogP contribution is 2.36. The van der Waals surface area contributed by atoms with Gasteiger partial charge in [0.15, 0.2) is 6.61 Å². The van der Waals surface area contributed by atoms with E-state index in [4.69, 9.17) is 16.3 Å². The van der Waals surface area contributed by atoms with Crippen molar-refractivity contribution in [3.05, 3.63) is 51.7 Å². The van der Waals surface area contributed by atoms with Gasteiger partial charge >= 0.3 is 0 Å². The Balaban J connectivity index is 1.50. The monoisotopic (exact) mass is 367 g/mol. The molecule has 23 heavy (non-hydrogen) atoms. The van der Waals surface area contributed by atoms with Crippen LogP contribution in [0.2, 0.25) is 5.02 Å². The Morgan fingerprint density at radius 3 is 2.83 bits per heavy atom. The molecule has 0 saturated carbocycles. The van der Waals surface area contributed by atoms with E-state index in [0.29, 0.717) is 16.0 Å². The predicted molar refractivity (Wildman–Crippen MR) is 97.7 cm³/mol. The third kappa shape index (κ3) is 4.66.